The molecule has 0 amide bonds. The van der Waals surface area contributed by atoms with Crippen molar-refractivity contribution in [3.63, 3.8) is 0 Å². The molecule has 81 valence electrons. The topological polar surface area (TPSA) is 18.5 Å². The molecular formula is C12H21O2. The minimum absolute atomic E-state index is 0.0615. The van der Waals surface area contributed by atoms with Crippen molar-refractivity contribution in [1.82, 2.24) is 0 Å². The Balaban J connectivity index is 1.69. The van der Waals surface area contributed by atoms with Crippen LogP contribution in [0.2, 0.25) is 0 Å². The number of unbranched alkanes of at least 4 members (excludes halogenated alkanes) is 3. The average molecular weight is 197 g/mol. The van der Waals surface area contributed by atoms with E-state index in [1.54, 1.807) is 0 Å². The summed E-state index contributed by atoms with van der Waals surface area (Å²) >= 11 is 0. The van der Waals surface area contributed by atoms with Crippen molar-refractivity contribution in [3.05, 3.63) is 6.10 Å². The third-order valence-electron chi connectivity index (χ3n) is 3.43. The quantitative estimate of drug-likeness (QED) is 0.609. The molecule has 0 spiro atoms. The van der Waals surface area contributed by atoms with Crippen molar-refractivity contribution in [2.75, 3.05) is 13.2 Å². The van der Waals surface area contributed by atoms with Crippen LogP contribution in [0.1, 0.15) is 51.9 Å². The van der Waals surface area contributed by atoms with E-state index in [0.29, 0.717) is 0 Å². The summed E-state index contributed by atoms with van der Waals surface area (Å²) in [7, 11) is 0. The van der Waals surface area contributed by atoms with Gasteiger partial charge in [0.15, 0.2) is 0 Å². The van der Waals surface area contributed by atoms with Gasteiger partial charge < -0.3 is 9.47 Å². The standard InChI is InChI=1S/C12H21O2/c1-2-3-4-5-7-12(8-10-14-12)11-6-9-13-11/h2-10H2,1H3. The zero-order chi connectivity index (χ0) is 9.86. The summed E-state index contributed by atoms with van der Waals surface area (Å²) in [5.41, 5.74) is 0.0615. The largest absolute Gasteiger partial charge is 0.372 e. The van der Waals surface area contributed by atoms with Gasteiger partial charge in [-0.05, 0) is 6.42 Å². The fourth-order valence-corrected chi connectivity index (χ4v) is 2.31. The zero-order valence-corrected chi connectivity index (χ0v) is 9.18. The molecule has 0 aromatic carbocycles. The van der Waals surface area contributed by atoms with Crippen LogP contribution >= 0.6 is 0 Å². The molecule has 0 aromatic heterocycles. The van der Waals surface area contributed by atoms with Gasteiger partial charge in [-0.15, -0.1) is 0 Å². The lowest BCUT2D eigenvalue weighted by molar-refractivity contribution is -0.205. The van der Waals surface area contributed by atoms with Gasteiger partial charge in [0.25, 0.3) is 0 Å². The summed E-state index contributed by atoms with van der Waals surface area (Å²) in [6, 6.07) is 0. The third-order valence-corrected chi connectivity index (χ3v) is 3.43. The van der Waals surface area contributed by atoms with Crippen LogP contribution in [0.25, 0.3) is 0 Å². The number of hydrogen-bond donors (Lipinski definition) is 0. The van der Waals surface area contributed by atoms with Gasteiger partial charge in [-0.1, -0.05) is 32.6 Å². The molecule has 1 atom stereocenters. The highest BCUT2D eigenvalue weighted by atomic mass is 16.6. The Labute approximate surface area is 87.0 Å². The van der Waals surface area contributed by atoms with Gasteiger partial charge in [-0.2, -0.15) is 0 Å². The summed E-state index contributed by atoms with van der Waals surface area (Å²) in [5.74, 6) is 0. The molecule has 2 nitrogen and oxygen atoms in total. The van der Waals surface area contributed by atoms with Crippen molar-refractivity contribution in [2.45, 2.75) is 57.5 Å². The first-order valence-corrected chi connectivity index (χ1v) is 6.00. The molecule has 0 aliphatic carbocycles. The maximum absolute atomic E-state index is 5.74. The maximum Gasteiger partial charge on any atom is 0.131 e. The van der Waals surface area contributed by atoms with Crippen LogP contribution in [-0.4, -0.2) is 18.8 Å². The molecule has 2 rings (SSSR count). The second-order valence-electron chi connectivity index (χ2n) is 4.43. The van der Waals surface area contributed by atoms with Gasteiger partial charge in [0.2, 0.25) is 0 Å². The van der Waals surface area contributed by atoms with Crippen LogP contribution in [0, 0.1) is 6.10 Å². The van der Waals surface area contributed by atoms with Crippen LogP contribution in [0.3, 0.4) is 0 Å². The van der Waals surface area contributed by atoms with E-state index in [9.17, 15) is 0 Å². The highest BCUT2D eigenvalue weighted by molar-refractivity contribution is 5.10. The average Bonchev–Trinajstić information content (AvgIpc) is 2.04. The summed E-state index contributed by atoms with van der Waals surface area (Å²) in [4.78, 5) is 0. The Morgan fingerprint density at radius 1 is 1.21 bits per heavy atom. The summed E-state index contributed by atoms with van der Waals surface area (Å²) < 4.78 is 11.2. The molecule has 2 aliphatic rings. The minimum atomic E-state index is 0.0615. The van der Waals surface area contributed by atoms with Crippen molar-refractivity contribution in [3.8, 4) is 0 Å². The summed E-state index contributed by atoms with van der Waals surface area (Å²) in [6.07, 6.45) is 10.0. The monoisotopic (exact) mass is 197 g/mol. The number of ether oxygens (including phenoxy) is 2. The van der Waals surface area contributed by atoms with E-state index in [1.807, 2.05) is 0 Å². The number of hydrogen-bond acceptors (Lipinski definition) is 2. The Morgan fingerprint density at radius 2 is 2.00 bits per heavy atom. The van der Waals surface area contributed by atoms with Gasteiger partial charge in [-0.3, -0.25) is 0 Å². The molecule has 1 radical (unpaired) electrons. The highest BCUT2D eigenvalue weighted by Gasteiger charge is 2.49. The molecule has 0 aromatic rings. The van der Waals surface area contributed by atoms with E-state index in [2.05, 4.69) is 6.92 Å². The normalized spacial score (nSPS) is 32.4. The number of rotatable bonds is 6. The molecular weight excluding hydrogens is 176 g/mol. The van der Waals surface area contributed by atoms with E-state index >= 15 is 0 Å². The van der Waals surface area contributed by atoms with Gasteiger partial charge in [0.1, 0.15) is 11.7 Å². The van der Waals surface area contributed by atoms with Crippen LogP contribution < -0.4 is 0 Å². The fraction of sp³-hybridized carbons (Fsp3) is 0.917. The molecule has 2 heterocycles. The second-order valence-corrected chi connectivity index (χ2v) is 4.43. The minimum Gasteiger partial charge on any atom is -0.372 e. The molecule has 2 heteroatoms. The highest BCUT2D eigenvalue weighted by Crippen LogP contribution is 2.46. The van der Waals surface area contributed by atoms with E-state index in [1.165, 1.54) is 44.6 Å². The zero-order valence-electron chi connectivity index (χ0n) is 9.18. The second kappa shape index (κ2) is 4.63. The predicted octanol–water partition coefficient (Wildman–Crippen LogP) is 3.07. The van der Waals surface area contributed by atoms with Gasteiger partial charge >= 0.3 is 0 Å². The van der Waals surface area contributed by atoms with E-state index in [4.69, 9.17) is 9.47 Å². The van der Waals surface area contributed by atoms with Crippen LogP contribution in [0.15, 0.2) is 0 Å². The SMILES string of the molecule is CCCCCCC1([C]2CCO2)CCO1. The molecule has 0 N–H and O–H groups in total. The Morgan fingerprint density at radius 3 is 2.43 bits per heavy atom. The maximum atomic E-state index is 5.74. The van der Waals surface area contributed by atoms with Gasteiger partial charge in [-0.25, -0.2) is 0 Å². The van der Waals surface area contributed by atoms with Gasteiger partial charge in [0.05, 0.1) is 13.2 Å². The van der Waals surface area contributed by atoms with Crippen molar-refractivity contribution < 1.29 is 9.47 Å². The molecule has 1 unspecified atom stereocenters. The smallest absolute Gasteiger partial charge is 0.131 e. The molecule has 14 heavy (non-hydrogen) atoms. The van der Waals surface area contributed by atoms with E-state index < -0.39 is 0 Å². The Hall–Kier alpha value is -0.0800. The Kier molecular flexibility index (Phi) is 3.45. The Bertz CT molecular complexity index is 171. The lowest BCUT2D eigenvalue weighted by Gasteiger charge is -2.50. The molecule has 0 bridgehead atoms. The van der Waals surface area contributed by atoms with Crippen molar-refractivity contribution >= 4 is 0 Å². The van der Waals surface area contributed by atoms with Crippen LogP contribution in [-0.2, 0) is 9.47 Å². The summed E-state index contributed by atoms with van der Waals surface area (Å²) in [6.45, 7) is 4.09. The predicted molar refractivity (Wildman–Crippen MR) is 55.9 cm³/mol. The van der Waals surface area contributed by atoms with Crippen LogP contribution in [0.4, 0.5) is 0 Å². The van der Waals surface area contributed by atoms with Gasteiger partial charge in [0, 0.05) is 12.8 Å². The van der Waals surface area contributed by atoms with Crippen molar-refractivity contribution in [2.24, 2.45) is 0 Å². The lowest BCUT2D eigenvalue weighted by atomic mass is 9.80. The molecule has 2 fully saturated rings. The molecule has 2 aliphatic heterocycles. The third kappa shape index (κ3) is 1.96. The first kappa shape index (κ1) is 10.4. The lowest BCUT2D eigenvalue weighted by Crippen LogP contribution is -2.53. The molecule has 0 saturated carbocycles. The van der Waals surface area contributed by atoms with Crippen molar-refractivity contribution in [1.29, 1.82) is 0 Å². The molecule has 2 saturated heterocycles. The van der Waals surface area contributed by atoms with Crippen LogP contribution in [0.5, 0.6) is 0 Å². The van der Waals surface area contributed by atoms with E-state index in [0.717, 1.165) is 19.6 Å². The summed E-state index contributed by atoms with van der Waals surface area (Å²) in [5, 5.41) is 0. The van der Waals surface area contributed by atoms with E-state index in [-0.39, 0.29) is 5.60 Å². The first-order chi connectivity index (χ1) is 6.87. The fourth-order valence-electron chi connectivity index (χ4n) is 2.31. The first-order valence-electron chi connectivity index (χ1n) is 6.00.